The van der Waals surface area contributed by atoms with Crippen LogP contribution in [-0.4, -0.2) is 26.0 Å². The Balaban J connectivity index is 2.10. The second-order valence-electron chi connectivity index (χ2n) is 5.02. The minimum absolute atomic E-state index is 0.121. The summed E-state index contributed by atoms with van der Waals surface area (Å²) >= 11 is 1.81. The van der Waals surface area contributed by atoms with Crippen LogP contribution in [0, 0.1) is 5.82 Å². The summed E-state index contributed by atoms with van der Waals surface area (Å²) in [6.45, 7) is 0. The summed E-state index contributed by atoms with van der Waals surface area (Å²) in [5, 5.41) is 0.597. The van der Waals surface area contributed by atoms with Crippen LogP contribution in [0.3, 0.4) is 0 Å². The van der Waals surface area contributed by atoms with E-state index in [1.54, 1.807) is 0 Å². The van der Waals surface area contributed by atoms with Gasteiger partial charge in [-0.25, -0.2) is 17.5 Å². The van der Waals surface area contributed by atoms with Gasteiger partial charge in [0.1, 0.15) is 10.7 Å². The van der Waals surface area contributed by atoms with Crippen LogP contribution in [-0.2, 0) is 10.0 Å². The minimum Gasteiger partial charge on any atom is -0.399 e. The molecule has 2 rings (SSSR count). The number of thioether (sulfide) groups is 1. The molecule has 1 aromatic rings. The summed E-state index contributed by atoms with van der Waals surface area (Å²) in [5.74, 6) is -0.774. The molecular formula is C13H19FN2O2S2. The lowest BCUT2D eigenvalue weighted by molar-refractivity contribution is 0.419. The van der Waals surface area contributed by atoms with Crippen molar-refractivity contribution in [2.75, 3.05) is 12.0 Å². The Morgan fingerprint density at radius 2 is 1.95 bits per heavy atom. The van der Waals surface area contributed by atoms with E-state index in [0.717, 1.165) is 37.8 Å². The van der Waals surface area contributed by atoms with Crippen molar-refractivity contribution in [1.29, 1.82) is 0 Å². The first kappa shape index (κ1) is 15.6. The Morgan fingerprint density at radius 3 is 2.55 bits per heavy atom. The molecule has 1 aliphatic carbocycles. The van der Waals surface area contributed by atoms with Gasteiger partial charge < -0.3 is 5.73 Å². The van der Waals surface area contributed by atoms with Gasteiger partial charge in [0.2, 0.25) is 10.0 Å². The molecule has 20 heavy (non-hydrogen) atoms. The third-order valence-corrected chi connectivity index (χ3v) is 6.25. The molecule has 7 heteroatoms. The average molecular weight is 318 g/mol. The van der Waals surface area contributed by atoms with Gasteiger partial charge in [0.05, 0.1) is 0 Å². The maximum atomic E-state index is 13.7. The first-order valence-corrected chi connectivity index (χ1v) is 9.29. The Morgan fingerprint density at radius 1 is 1.30 bits per heavy atom. The maximum Gasteiger partial charge on any atom is 0.243 e. The number of anilines is 1. The number of sulfonamides is 1. The van der Waals surface area contributed by atoms with Crippen molar-refractivity contribution in [3.63, 3.8) is 0 Å². The molecule has 0 bridgehead atoms. The van der Waals surface area contributed by atoms with Gasteiger partial charge in [-0.05, 0) is 50.1 Å². The Kier molecular flexibility index (Phi) is 4.93. The molecule has 1 saturated carbocycles. The summed E-state index contributed by atoms with van der Waals surface area (Å²) in [7, 11) is -3.85. The van der Waals surface area contributed by atoms with Gasteiger partial charge in [0, 0.05) is 17.0 Å². The molecule has 0 amide bonds. The zero-order chi connectivity index (χ0) is 14.8. The van der Waals surface area contributed by atoms with Crippen LogP contribution in [0.4, 0.5) is 10.1 Å². The number of benzene rings is 1. The normalized spacial score (nSPS) is 23.7. The molecule has 4 nitrogen and oxygen atoms in total. The molecule has 0 aliphatic heterocycles. The van der Waals surface area contributed by atoms with Crippen LogP contribution < -0.4 is 10.5 Å². The zero-order valence-electron chi connectivity index (χ0n) is 11.3. The number of rotatable bonds is 4. The van der Waals surface area contributed by atoms with Crippen LogP contribution in [0.25, 0.3) is 0 Å². The SMILES string of the molecule is CSC1CCC(NS(=O)(=O)c2cc(N)ccc2F)CC1. The van der Waals surface area contributed by atoms with Crippen LogP contribution in [0.5, 0.6) is 0 Å². The zero-order valence-corrected chi connectivity index (χ0v) is 12.9. The first-order chi connectivity index (χ1) is 9.42. The molecule has 0 aromatic heterocycles. The van der Waals surface area contributed by atoms with Crippen molar-refractivity contribution in [3.05, 3.63) is 24.0 Å². The van der Waals surface area contributed by atoms with Gasteiger partial charge in [0.25, 0.3) is 0 Å². The van der Waals surface area contributed by atoms with Crippen molar-refractivity contribution < 1.29 is 12.8 Å². The van der Waals surface area contributed by atoms with E-state index in [1.165, 1.54) is 6.07 Å². The van der Waals surface area contributed by atoms with Crippen LogP contribution in [0.1, 0.15) is 25.7 Å². The van der Waals surface area contributed by atoms with E-state index in [9.17, 15) is 12.8 Å². The molecule has 112 valence electrons. The highest BCUT2D eigenvalue weighted by atomic mass is 32.2. The van der Waals surface area contributed by atoms with Gasteiger partial charge in [-0.1, -0.05) is 0 Å². The minimum atomic E-state index is -3.85. The largest absolute Gasteiger partial charge is 0.399 e. The van der Waals surface area contributed by atoms with E-state index in [2.05, 4.69) is 11.0 Å². The van der Waals surface area contributed by atoms with Gasteiger partial charge in [0.15, 0.2) is 0 Å². The lowest BCUT2D eigenvalue weighted by Crippen LogP contribution is -2.38. The number of nitrogens with one attached hydrogen (secondary N) is 1. The van der Waals surface area contributed by atoms with Crippen molar-refractivity contribution >= 4 is 27.5 Å². The molecule has 0 heterocycles. The van der Waals surface area contributed by atoms with Crippen molar-refractivity contribution in [3.8, 4) is 0 Å². The fourth-order valence-electron chi connectivity index (χ4n) is 2.43. The van der Waals surface area contributed by atoms with Crippen LogP contribution >= 0.6 is 11.8 Å². The quantitative estimate of drug-likeness (QED) is 0.836. The summed E-state index contributed by atoms with van der Waals surface area (Å²) in [4.78, 5) is -0.371. The van der Waals surface area contributed by atoms with Crippen LogP contribution in [0.2, 0.25) is 0 Å². The van der Waals surface area contributed by atoms with E-state index in [-0.39, 0.29) is 16.6 Å². The third-order valence-electron chi connectivity index (χ3n) is 3.57. The van der Waals surface area contributed by atoms with Crippen molar-refractivity contribution in [2.45, 2.75) is 41.9 Å². The fourth-order valence-corrected chi connectivity index (χ4v) is 4.59. The summed E-state index contributed by atoms with van der Waals surface area (Å²) in [6.07, 6.45) is 5.60. The molecule has 0 spiro atoms. The Bertz CT molecular complexity index is 570. The molecule has 0 unspecified atom stereocenters. The number of nitrogen functional groups attached to an aromatic ring is 1. The van der Waals surface area contributed by atoms with Crippen LogP contribution in [0.15, 0.2) is 23.1 Å². The highest BCUT2D eigenvalue weighted by molar-refractivity contribution is 7.99. The van der Waals surface area contributed by atoms with E-state index in [4.69, 9.17) is 5.73 Å². The number of halogens is 1. The average Bonchev–Trinajstić information content (AvgIpc) is 2.42. The Hall–Kier alpha value is -0.790. The second-order valence-corrected chi connectivity index (χ2v) is 7.84. The first-order valence-electron chi connectivity index (χ1n) is 6.52. The van der Waals surface area contributed by atoms with Gasteiger partial charge in [-0.2, -0.15) is 11.8 Å². The molecule has 0 radical (unpaired) electrons. The molecular weight excluding hydrogens is 299 g/mol. The topological polar surface area (TPSA) is 72.2 Å². The van der Waals surface area contributed by atoms with E-state index in [0.29, 0.717) is 5.25 Å². The molecule has 1 aromatic carbocycles. The number of nitrogens with two attached hydrogens (primary N) is 1. The van der Waals surface area contributed by atoms with E-state index in [1.807, 2.05) is 11.8 Å². The summed E-state index contributed by atoms with van der Waals surface area (Å²) in [6, 6.07) is 3.46. The third kappa shape index (κ3) is 3.65. The van der Waals surface area contributed by atoms with E-state index >= 15 is 0 Å². The molecule has 0 atom stereocenters. The van der Waals surface area contributed by atoms with Crippen molar-refractivity contribution in [2.24, 2.45) is 0 Å². The highest BCUT2D eigenvalue weighted by Crippen LogP contribution is 2.28. The number of hydrogen-bond donors (Lipinski definition) is 2. The summed E-state index contributed by atoms with van der Waals surface area (Å²) < 4.78 is 40.7. The molecule has 1 fully saturated rings. The van der Waals surface area contributed by atoms with E-state index < -0.39 is 15.8 Å². The smallest absolute Gasteiger partial charge is 0.243 e. The maximum absolute atomic E-state index is 13.7. The predicted octanol–water partition coefficient (Wildman–Crippen LogP) is 2.36. The lowest BCUT2D eigenvalue weighted by Gasteiger charge is -2.27. The van der Waals surface area contributed by atoms with Gasteiger partial charge in [-0.3, -0.25) is 0 Å². The van der Waals surface area contributed by atoms with Gasteiger partial charge >= 0.3 is 0 Å². The molecule has 0 saturated heterocycles. The second kappa shape index (κ2) is 6.32. The standard InChI is InChI=1S/C13H19FN2O2S2/c1-19-11-5-3-10(4-6-11)16-20(17,18)13-8-9(15)2-7-12(13)14/h2,7-8,10-11,16H,3-6,15H2,1H3. The van der Waals surface area contributed by atoms with Crippen molar-refractivity contribution in [1.82, 2.24) is 4.72 Å². The summed E-state index contributed by atoms with van der Waals surface area (Å²) in [5.41, 5.74) is 5.77. The Labute approximate surface area is 123 Å². The predicted molar refractivity (Wildman–Crippen MR) is 80.7 cm³/mol. The number of hydrogen-bond acceptors (Lipinski definition) is 4. The highest BCUT2D eigenvalue weighted by Gasteiger charge is 2.27. The fraction of sp³-hybridized carbons (Fsp3) is 0.538. The lowest BCUT2D eigenvalue weighted by atomic mass is 9.96. The molecule has 1 aliphatic rings. The van der Waals surface area contributed by atoms with Gasteiger partial charge in [-0.15, -0.1) is 0 Å². The molecule has 3 N–H and O–H groups in total. The monoisotopic (exact) mass is 318 g/mol.